The monoisotopic (exact) mass is 186 g/mol. The standard InChI is InChI=1S/C10H22N2O/c1-3-9(11)10(13)5-7-12(4-2)8-6-10/h9,13H,3-8,11H2,1-2H3. The van der Waals surface area contributed by atoms with E-state index in [-0.39, 0.29) is 6.04 Å². The Kier molecular flexibility index (Phi) is 3.71. The number of nitrogens with zero attached hydrogens (tertiary/aromatic N) is 1. The van der Waals surface area contributed by atoms with E-state index in [9.17, 15) is 5.11 Å². The number of hydrogen-bond donors (Lipinski definition) is 2. The molecule has 1 unspecified atom stereocenters. The van der Waals surface area contributed by atoms with Crippen LogP contribution in [0.3, 0.4) is 0 Å². The van der Waals surface area contributed by atoms with Crippen LogP contribution in [0, 0.1) is 0 Å². The maximum absolute atomic E-state index is 10.2. The van der Waals surface area contributed by atoms with E-state index in [1.165, 1.54) is 0 Å². The number of aliphatic hydroxyl groups is 1. The van der Waals surface area contributed by atoms with Crippen molar-refractivity contribution in [3.63, 3.8) is 0 Å². The molecule has 1 fully saturated rings. The number of piperidine rings is 1. The molecule has 1 aliphatic rings. The van der Waals surface area contributed by atoms with Gasteiger partial charge in [0.05, 0.1) is 5.60 Å². The van der Waals surface area contributed by atoms with Crippen LogP contribution < -0.4 is 5.73 Å². The van der Waals surface area contributed by atoms with Gasteiger partial charge < -0.3 is 15.7 Å². The lowest BCUT2D eigenvalue weighted by molar-refractivity contribution is -0.0405. The highest BCUT2D eigenvalue weighted by Crippen LogP contribution is 2.25. The number of hydrogen-bond acceptors (Lipinski definition) is 3. The van der Waals surface area contributed by atoms with Gasteiger partial charge in [-0.25, -0.2) is 0 Å². The summed E-state index contributed by atoms with van der Waals surface area (Å²) in [5.74, 6) is 0. The van der Waals surface area contributed by atoms with Crippen molar-refractivity contribution in [3.05, 3.63) is 0 Å². The van der Waals surface area contributed by atoms with Gasteiger partial charge in [0, 0.05) is 19.1 Å². The Balaban J connectivity index is 2.46. The lowest BCUT2D eigenvalue weighted by atomic mass is 9.83. The molecule has 3 heteroatoms. The zero-order valence-electron chi connectivity index (χ0n) is 8.79. The number of likely N-dealkylation sites (tertiary alicyclic amines) is 1. The van der Waals surface area contributed by atoms with Crippen LogP contribution in [0.5, 0.6) is 0 Å². The number of nitrogens with two attached hydrogens (primary N) is 1. The van der Waals surface area contributed by atoms with Crippen LogP contribution in [0.15, 0.2) is 0 Å². The molecule has 0 bridgehead atoms. The van der Waals surface area contributed by atoms with E-state index < -0.39 is 5.60 Å². The Morgan fingerprint density at radius 3 is 2.31 bits per heavy atom. The normalized spacial score (nSPS) is 25.8. The van der Waals surface area contributed by atoms with E-state index in [4.69, 9.17) is 5.73 Å². The second kappa shape index (κ2) is 4.40. The SMILES string of the molecule is CCC(N)C1(O)CCN(CC)CC1. The average molecular weight is 186 g/mol. The molecule has 1 atom stereocenters. The lowest BCUT2D eigenvalue weighted by Gasteiger charge is -2.41. The predicted octanol–water partition coefficient (Wildman–Crippen LogP) is 0.570. The molecule has 1 aliphatic heterocycles. The van der Waals surface area contributed by atoms with E-state index in [0.29, 0.717) is 0 Å². The highest BCUT2D eigenvalue weighted by molar-refractivity contribution is 4.93. The second-order valence-corrected chi connectivity index (χ2v) is 4.05. The van der Waals surface area contributed by atoms with Crippen molar-refractivity contribution in [2.75, 3.05) is 19.6 Å². The summed E-state index contributed by atoms with van der Waals surface area (Å²) in [7, 11) is 0. The van der Waals surface area contributed by atoms with Gasteiger partial charge in [0.1, 0.15) is 0 Å². The van der Waals surface area contributed by atoms with Crippen LogP contribution in [0.2, 0.25) is 0 Å². The highest BCUT2D eigenvalue weighted by atomic mass is 16.3. The molecular weight excluding hydrogens is 164 g/mol. The molecule has 3 N–H and O–H groups in total. The van der Waals surface area contributed by atoms with E-state index in [1.54, 1.807) is 0 Å². The second-order valence-electron chi connectivity index (χ2n) is 4.05. The maximum atomic E-state index is 10.2. The first-order chi connectivity index (χ1) is 6.12. The summed E-state index contributed by atoms with van der Waals surface area (Å²) in [6.45, 7) is 7.25. The van der Waals surface area contributed by atoms with E-state index in [0.717, 1.165) is 38.9 Å². The summed E-state index contributed by atoms with van der Waals surface area (Å²) in [6.07, 6.45) is 2.52. The third-order valence-electron chi connectivity index (χ3n) is 3.30. The molecule has 3 nitrogen and oxygen atoms in total. The molecule has 0 amide bonds. The molecular formula is C10H22N2O. The Hall–Kier alpha value is -0.120. The van der Waals surface area contributed by atoms with Crippen molar-refractivity contribution in [2.24, 2.45) is 5.73 Å². The lowest BCUT2D eigenvalue weighted by Crippen LogP contribution is -2.54. The fourth-order valence-electron chi connectivity index (χ4n) is 2.01. The fourth-order valence-corrected chi connectivity index (χ4v) is 2.01. The minimum atomic E-state index is -0.597. The van der Waals surface area contributed by atoms with E-state index >= 15 is 0 Å². The molecule has 0 aromatic heterocycles. The summed E-state index contributed by atoms with van der Waals surface area (Å²) in [5, 5.41) is 10.2. The third kappa shape index (κ3) is 2.42. The van der Waals surface area contributed by atoms with E-state index in [1.807, 2.05) is 6.92 Å². The molecule has 0 spiro atoms. The van der Waals surface area contributed by atoms with Gasteiger partial charge in [0.15, 0.2) is 0 Å². The van der Waals surface area contributed by atoms with Crippen LogP contribution in [0.1, 0.15) is 33.1 Å². The van der Waals surface area contributed by atoms with Gasteiger partial charge in [-0.3, -0.25) is 0 Å². The maximum Gasteiger partial charge on any atom is 0.0822 e. The summed E-state index contributed by atoms with van der Waals surface area (Å²) >= 11 is 0. The van der Waals surface area contributed by atoms with Crippen LogP contribution in [0.4, 0.5) is 0 Å². The molecule has 1 saturated heterocycles. The quantitative estimate of drug-likeness (QED) is 0.677. The molecule has 13 heavy (non-hydrogen) atoms. The minimum absolute atomic E-state index is 0.0495. The van der Waals surface area contributed by atoms with Crippen molar-refractivity contribution < 1.29 is 5.11 Å². The van der Waals surface area contributed by atoms with Crippen molar-refractivity contribution >= 4 is 0 Å². The minimum Gasteiger partial charge on any atom is -0.388 e. The third-order valence-corrected chi connectivity index (χ3v) is 3.30. The van der Waals surface area contributed by atoms with Gasteiger partial charge in [-0.2, -0.15) is 0 Å². The Labute approximate surface area is 80.9 Å². The van der Waals surface area contributed by atoms with Crippen LogP contribution in [0.25, 0.3) is 0 Å². The van der Waals surface area contributed by atoms with Crippen LogP contribution >= 0.6 is 0 Å². The Morgan fingerprint density at radius 2 is 1.92 bits per heavy atom. The predicted molar refractivity (Wildman–Crippen MR) is 54.6 cm³/mol. The fraction of sp³-hybridized carbons (Fsp3) is 1.00. The van der Waals surface area contributed by atoms with Crippen LogP contribution in [-0.2, 0) is 0 Å². The zero-order valence-corrected chi connectivity index (χ0v) is 8.79. The Morgan fingerprint density at radius 1 is 1.38 bits per heavy atom. The highest BCUT2D eigenvalue weighted by Gasteiger charge is 2.36. The molecule has 0 aliphatic carbocycles. The summed E-state index contributed by atoms with van der Waals surface area (Å²) in [5.41, 5.74) is 5.30. The van der Waals surface area contributed by atoms with Crippen molar-refractivity contribution in [2.45, 2.75) is 44.8 Å². The van der Waals surface area contributed by atoms with Crippen molar-refractivity contribution in [1.82, 2.24) is 4.90 Å². The molecule has 0 saturated carbocycles. The average Bonchev–Trinajstić information content (AvgIpc) is 2.18. The van der Waals surface area contributed by atoms with Gasteiger partial charge in [-0.1, -0.05) is 13.8 Å². The van der Waals surface area contributed by atoms with Gasteiger partial charge in [0.25, 0.3) is 0 Å². The van der Waals surface area contributed by atoms with Gasteiger partial charge in [-0.15, -0.1) is 0 Å². The van der Waals surface area contributed by atoms with Gasteiger partial charge in [0.2, 0.25) is 0 Å². The van der Waals surface area contributed by atoms with Crippen LogP contribution in [-0.4, -0.2) is 41.3 Å². The molecule has 1 rings (SSSR count). The zero-order chi connectivity index (χ0) is 9.90. The summed E-state index contributed by atoms with van der Waals surface area (Å²) in [6, 6.07) is -0.0495. The largest absolute Gasteiger partial charge is 0.388 e. The molecule has 0 aromatic carbocycles. The molecule has 78 valence electrons. The number of rotatable bonds is 3. The summed E-state index contributed by atoms with van der Waals surface area (Å²) < 4.78 is 0. The first-order valence-corrected chi connectivity index (χ1v) is 5.32. The van der Waals surface area contributed by atoms with Gasteiger partial charge >= 0.3 is 0 Å². The summed E-state index contributed by atoms with van der Waals surface area (Å²) in [4.78, 5) is 2.36. The molecule has 0 radical (unpaired) electrons. The topological polar surface area (TPSA) is 49.5 Å². The van der Waals surface area contributed by atoms with E-state index in [2.05, 4.69) is 11.8 Å². The van der Waals surface area contributed by atoms with Crippen molar-refractivity contribution in [1.29, 1.82) is 0 Å². The van der Waals surface area contributed by atoms with Gasteiger partial charge in [-0.05, 0) is 25.8 Å². The first-order valence-electron chi connectivity index (χ1n) is 5.32. The molecule has 0 aromatic rings. The smallest absolute Gasteiger partial charge is 0.0822 e. The first kappa shape index (κ1) is 11.0. The van der Waals surface area contributed by atoms with Crippen molar-refractivity contribution in [3.8, 4) is 0 Å². The Bertz CT molecular complexity index is 153. The molecule has 1 heterocycles.